The van der Waals surface area contributed by atoms with Crippen LogP contribution in [0.25, 0.3) is 11.2 Å². The highest BCUT2D eigenvalue weighted by atomic mass is 79.9. The molecule has 0 bridgehead atoms. The second kappa shape index (κ2) is 5.86. The number of halogens is 2. The fourth-order valence-corrected chi connectivity index (χ4v) is 3.27. The molecular weight excluding hydrogens is 354 g/mol. The van der Waals surface area contributed by atoms with Crippen molar-refractivity contribution in [2.45, 2.75) is 38.1 Å². The summed E-state index contributed by atoms with van der Waals surface area (Å²) in [5.41, 5.74) is 2.15. The molecule has 0 amide bonds. The molecule has 4 nitrogen and oxygen atoms in total. The van der Waals surface area contributed by atoms with Gasteiger partial charge in [-0.05, 0) is 53.6 Å². The summed E-state index contributed by atoms with van der Waals surface area (Å²) in [6, 6.07) is 2.00. The van der Waals surface area contributed by atoms with Crippen LogP contribution in [0.3, 0.4) is 0 Å². The lowest BCUT2D eigenvalue weighted by Gasteiger charge is -2.18. The van der Waals surface area contributed by atoms with E-state index in [4.69, 9.17) is 16.3 Å². The minimum Gasteiger partial charge on any atom is -0.385 e. The van der Waals surface area contributed by atoms with E-state index in [0.717, 1.165) is 41.0 Å². The Bertz CT molecular complexity index is 652. The van der Waals surface area contributed by atoms with Crippen LogP contribution >= 0.6 is 27.5 Å². The Morgan fingerprint density at radius 2 is 2.29 bits per heavy atom. The zero-order chi connectivity index (χ0) is 15.0. The summed E-state index contributed by atoms with van der Waals surface area (Å²) in [5.74, 6) is 0.904. The van der Waals surface area contributed by atoms with Crippen LogP contribution in [0.5, 0.6) is 0 Å². The normalized spacial score (nSPS) is 18.1. The molecule has 0 aliphatic heterocycles. The SMILES string of the molecule is COCCC1(Cn2c(C(C)Cl)nc3cc(Br)cnc32)CC1. The zero-order valence-corrected chi connectivity index (χ0v) is 14.6. The lowest BCUT2D eigenvalue weighted by Crippen LogP contribution is -2.16. The first-order valence-corrected chi connectivity index (χ1v) is 8.42. The van der Waals surface area contributed by atoms with Crippen LogP contribution in [-0.4, -0.2) is 28.3 Å². The highest BCUT2D eigenvalue weighted by molar-refractivity contribution is 9.10. The van der Waals surface area contributed by atoms with Crippen molar-refractivity contribution in [1.29, 1.82) is 0 Å². The monoisotopic (exact) mass is 371 g/mol. The van der Waals surface area contributed by atoms with E-state index in [-0.39, 0.29) is 5.38 Å². The first-order chi connectivity index (χ1) is 10.0. The largest absolute Gasteiger partial charge is 0.385 e. The van der Waals surface area contributed by atoms with Gasteiger partial charge in [-0.25, -0.2) is 9.97 Å². The Hall–Kier alpha value is -0.650. The average molecular weight is 373 g/mol. The van der Waals surface area contributed by atoms with Gasteiger partial charge < -0.3 is 9.30 Å². The molecule has 0 N–H and O–H groups in total. The van der Waals surface area contributed by atoms with Crippen molar-refractivity contribution in [2.24, 2.45) is 5.41 Å². The number of ether oxygens (including phenoxy) is 1. The van der Waals surface area contributed by atoms with Crippen LogP contribution in [0.15, 0.2) is 16.7 Å². The van der Waals surface area contributed by atoms with Crippen molar-refractivity contribution >= 4 is 38.7 Å². The zero-order valence-electron chi connectivity index (χ0n) is 12.3. The molecule has 1 unspecified atom stereocenters. The van der Waals surface area contributed by atoms with Gasteiger partial charge in [0, 0.05) is 30.9 Å². The minimum atomic E-state index is -0.129. The molecule has 2 heterocycles. The maximum atomic E-state index is 6.33. The van der Waals surface area contributed by atoms with E-state index in [0.29, 0.717) is 5.41 Å². The number of nitrogens with zero attached hydrogens (tertiary/aromatic N) is 3. The first kappa shape index (κ1) is 15.3. The maximum absolute atomic E-state index is 6.33. The number of rotatable bonds is 6. The molecule has 2 aromatic heterocycles. The second-order valence-electron chi connectivity index (χ2n) is 5.91. The Morgan fingerprint density at radius 1 is 1.52 bits per heavy atom. The molecule has 1 aliphatic rings. The third kappa shape index (κ3) is 3.10. The fraction of sp³-hybridized carbons (Fsp3) is 0.600. The van der Waals surface area contributed by atoms with Crippen LogP contribution in [-0.2, 0) is 11.3 Å². The van der Waals surface area contributed by atoms with E-state index in [2.05, 4.69) is 30.5 Å². The summed E-state index contributed by atoms with van der Waals surface area (Å²) in [6.07, 6.45) is 5.37. The number of fused-ring (bicyclic) bond motifs is 1. The van der Waals surface area contributed by atoms with Gasteiger partial charge in [-0.1, -0.05) is 0 Å². The molecule has 1 aliphatic carbocycles. The highest BCUT2D eigenvalue weighted by Crippen LogP contribution is 2.51. The van der Waals surface area contributed by atoms with E-state index in [1.807, 2.05) is 19.2 Å². The van der Waals surface area contributed by atoms with Gasteiger partial charge in [0.1, 0.15) is 11.3 Å². The lowest BCUT2D eigenvalue weighted by atomic mass is 10.0. The van der Waals surface area contributed by atoms with E-state index < -0.39 is 0 Å². The van der Waals surface area contributed by atoms with Gasteiger partial charge in [0.05, 0.1) is 5.38 Å². The van der Waals surface area contributed by atoms with E-state index in [1.54, 1.807) is 7.11 Å². The van der Waals surface area contributed by atoms with E-state index in [9.17, 15) is 0 Å². The van der Waals surface area contributed by atoms with Gasteiger partial charge in [0.25, 0.3) is 0 Å². The number of hydrogen-bond acceptors (Lipinski definition) is 3. The predicted octanol–water partition coefficient (Wildman–Crippen LogP) is 4.31. The topological polar surface area (TPSA) is 39.9 Å². The van der Waals surface area contributed by atoms with Gasteiger partial charge in [0.2, 0.25) is 0 Å². The summed E-state index contributed by atoms with van der Waals surface area (Å²) in [4.78, 5) is 9.21. The molecule has 1 saturated carbocycles. The molecule has 0 spiro atoms. The molecule has 21 heavy (non-hydrogen) atoms. The van der Waals surface area contributed by atoms with E-state index in [1.165, 1.54) is 12.8 Å². The number of methoxy groups -OCH3 is 1. The quantitative estimate of drug-likeness (QED) is 0.709. The lowest BCUT2D eigenvalue weighted by molar-refractivity contribution is 0.167. The Labute approximate surface area is 138 Å². The van der Waals surface area contributed by atoms with Gasteiger partial charge in [-0.15, -0.1) is 11.6 Å². The second-order valence-corrected chi connectivity index (χ2v) is 7.48. The molecule has 2 aromatic rings. The summed E-state index contributed by atoms with van der Waals surface area (Å²) >= 11 is 9.78. The van der Waals surface area contributed by atoms with E-state index >= 15 is 0 Å². The molecule has 1 atom stereocenters. The van der Waals surface area contributed by atoms with Crippen LogP contribution in [0.2, 0.25) is 0 Å². The first-order valence-electron chi connectivity index (χ1n) is 7.19. The van der Waals surface area contributed by atoms with Gasteiger partial charge in [-0.3, -0.25) is 0 Å². The highest BCUT2D eigenvalue weighted by Gasteiger charge is 2.43. The van der Waals surface area contributed by atoms with Crippen molar-refractivity contribution in [3.63, 3.8) is 0 Å². The van der Waals surface area contributed by atoms with Gasteiger partial charge in [-0.2, -0.15) is 0 Å². The van der Waals surface area contributed by atoms with Crippen LogP contribution in [0, 0.1) is 5.41 Å². The molecule has 3 rings (SSSR count). The fourth-order valence-electron chi connectivity index (χ4n) is 2.78. The molecule has 114 valence electrons. The number of hydrogen-bond donors (Lipinski definition) is 0. The Kier molecular flexibility index (Phi) is 4.26. The predicted molar refractivity (Wildman–Crippen MR) is 87.7 cm³/mol. The molecule has 0 saturated heterocycles. The molecule has 0 aromatic carbocycles. The average Bonchev–Trinajstić information content (AvgIpc) is 3.12. The van der Waals surface area contributed by atoms with Crippen molar-refractivity contribution in [1.82, 2.24) is 14.5 Å². The summed E-state index contributed by atoms with van der Waals surface area (Å²) in [5, 5.41) is -0.129. The van der Waals surface area contributed by atoms with Gasteiger partial charge in [0.15, 0.2) is 5.65 Å². The summed E-state index contributed by atoms with van der Waals surface area (Å²) < 4.78 is 8.38. The minimum absolute atomic E-state index is 0.129. The Balaban J connectivity index is 1.98. The third-order valence-corrected chi connectivity index (χ3v) is 4.85. The van der Waals surface area contributed by atoms with Crippen molar-refractivity contribution in [3.8, 4) is 0 Å². The molecule has 1 fully saturated rings. The van der Waals surface area contributed by atoms with Crippen molar-refractivity contribution < 1.29 is 4.74 Å². The molecule has 0 radical (unpaired) electrons. The van der Waals surface area contributed by atoms with Crippen LogP contribution in [0.4, 0.5) is 0 Å². The summed E-state index contributed by atoms with van der Waals surface area (Å²) in [7, 11) is 1.76. The van der Waals surface area contributed by atoms with Gasteiger partial charge >= 0.3 is 0 Å². The standard InChI is InChI=1S/C15H19BrClN3O/c1-10(17)13-19-12-7-11(16)8-18-14(12)20(13)9-15(3-4-15)5-6-21-2/h7-8,10H,3-6,9H2,1-2H3. The number of aromatic nitrogens is 3. The molecular formula is C15H19BrClN3O. The van der Waals surface area contributed by atoms with Crippen molar-refractivity contribution in [2.75, 3.05) is 13.7 Å². The Morgan fingerprint density at radius 3 is 2.90 bits per heavy atom. The summed E-state index contributed by atoms with van der Waals surface area (Å²) in [6.45, 7) is 3.69. The number of alkyl halides is 1. The van der Waals surface area contributed by atoms with Crippen molar-refractivity contribution in [3.05, 3.63) is 22.6 Å². The number of imidazole rings is 1. The van der Waals surface area contributed by atoms with Crippen LogP contribution in [0.1, 0.15) is 37.4 Å². The molecule has 6 heteroatoms. The van der Waals surface area contributed by atoms with Crippen LogP contribution < -0.4 is 0 Å². The third-order valence-electron chi connectivity index (χ3n) is 4.22. The number of pyridine rings is 1. The smallest absolute Gasteiger partial charge is 0.160 e. The maximum Gasteiger partial charge on any atom is 0.160 e.